The number of carbonyl (C=O) groups is 2. The Morgan fingerprint density at radius 1 is 1.48 bits per heavy atom. The molecule has 1 unspecified atom stereocenters. The molecular weight excluding hydrogens is 274 g/mol. The molecule has 0 fully saturated rings. The Morgan fingerprint density at radius 2 is 2.24 bits per heavy atom. The summed E-state index contributed by atoms with van der Waals surface area (Å²) in [5.41, 5.74) is 0.471. The smallest absolute Gasteiger partial charge is 0.308 e. The van der Waals surface area contributed by atoms with Gasteiger partial charge in [0.2, 0.25) is 0 Å². The Hall–Kier alpha value is -2.08. The van der Waals surface area contributed by atoms with Crippen molar-refractivity contribution < 1.29 is 24.2 Å². The highest BCUT2D eigenvalue weighted by atomic mass is 16.5. The fraction of sp³-hybridized carbons (Fsp3) is 0.467. The number of ether oxygens (including phenoxy) is 2. The van der Waals surface area contributed by atoms with Crippen LogP contribution in [0, 0.1) is 0 Å². The Labute approximate surface area is 123 Å². The first-order chi connectivity index (χ1) is 10.1. The van der Waals surface area contributed by atoms with E-state index in [1.165, 1.54) is 4.90 Å². The molecule has 1 heterocycles. The highest BCUT2D eigenvalue weighted by molar-refractivity contribution is 5.97. The first-order valence-corrected chi connectivity index (χ1v) is 6.96. The van der Waals surface area contributed by atoms with Crippen molar-refractivity contribution in [2.75, 3.05) is 26.3 Å². The van der Waals surface area contributed by atoms with Gasteiger partial charge in [0.15, 0.2) is 0 Å². The molecule has 1 aromatic rings. The van der Waals surface area contributed by atoms with Gasteiger partial charge >= 0.3 is 5.97 Å². The van der Waals surface area contributed by atoms with Crippen LogP contribution in [0.15, 0.2) is 24.3 Å². The molecule has 0 aromatic heterocycles. The zero-order valence-electron chi connectivity index (χ0n) is 11.9. The van der Waals surface area contributed by atoms with E-state index in [9.17, 15) is 14.7 Å². The zero-order chi connectivity index (χ0) is 15.2. The molecule has 1 aliphatic rings. The van der Waals surface area contributed by atoms with Crippen LogP contribution in [0.3, 0.4) is 0 Å². The molecule has 1 atom stereocenters. The van der Waals surface area contributed by atoms with Gasteiger partial charge < -0.3 is 19.5 Å². The van der Waals surface area contributed by atoms with Crippen molar-refractivity contribution in [3.05, 3.63) is 29.8 Å². The normalized spacial score (nSPS) is 15.7. The number of nitrogens with zero attached hydrogens (tertiary/aromatic N) is 1. The number of carbonyl (C=O) groups excluding carboxylic acids is 2. The summed E-state index contributed by atoms with van der Waals surface area (Å²) in [4.78, 5) is 25.2. The number of aliphatic hydroxyl groups is 1. The Kier molecular flexibility index (Phi) is 5.16. The molecule has 2 rings (SSSR count). The molecular formula is C15H19NO5. The van der Waals surface area contributed by atoms with Crippen molar-refractivity contribution in [2.45, 2.75) is 19.4 Å². The third kappa shape index (κ3) is 3.95. The van der Waals surface area contributed by atoms with E-state index in [4.69, 9.17) is 9.47 Å². The Bertz CT molecular complexity index is 517. The van der Waals surface area contributed by atoms with Crippen LogP contribution in [0.5, 0.6) is 5.75 Å². The van der Waals surface area contributed by atoms with Crippen LogP contribution in [0.4, 0.5) is 0 Å². The number of para-hydroxylation sites is 1. The lowest BCUT2D eigenvalue weighted by Crippen LogP contribution is -2.39. The molecule has 0 spiro atoms. The summed E-state index contributed by atoms with van der Waals surface area (Å²) in [5.74, 6) is -0.125. The lowest BCUT2D eigenvalue weighted by Gasteiger charge is -2.22. The molecule has 6 heteroatoms. The summed E-state index contributed by atoms with van der Waals surface area (Å²) in [7, 11) is 0. The molecule has 1 aliphatic heterocycles. The highest BCUT2D eigenvalue weighted by Crippen LogP contribution is 2.22. The molecule has 1 amide bonds. The number of rotatable bonds is 5. The Balaban J connectivity index is 2.01. The maximum absolute atomic E-state index is 12.4. The average molecular weight is 293 g/mol. The monoisotopic (exact) mass is 293 g/mol. The summed E-state index contributed by atoms with van der Waals surface area (Å²) < 4.78 is 10.3. The molecule has 0 bridgehead atoms. The SMILES string of the molecule is CCOC(=O)CC(O)CN1CCOc2ccccc2C1=O. The maximum atomic E-state index is 12.4. The number of hydrogen-bond acceptors (Lipinski definition) is 5. The minimum Gasteiger partial charge on any atom is -0.491 e. The highest BCUT2D eigenvalue weighted by Gasteiger charge is 2.25. The molecule has 0 aliphatic carbocycles. The number of aliphatic hydroxyl groups excluding tert-OH is 1. The molecule has 0 saturated heterocycles. The van der Waals surface area contributed by atoms with Gasteiger partial charge in [0.1, 0.15) is 12.4 Å². The maximum Gasteiger partial charge on any atom is 0.308 e. The number of fused-ring (bicyclic) bond motifs is 1. The molecule has 1 aromatic carbocycles. The summed E-state index contributed by atoms with van der Waals surface area (Å²) >= 11 is 0. The predicted octanol–water partition coefficient (Wildman–Crippen LogP) is 0.835. The van der Waals surface area contributed by atoms with E-state index in [1.54, 1.807) is 31.2 Å². The number of β-amino-alcohol motifs (C(OH)–C–C–N with tert-alkyl or cyclic N) is 1. The summed E-state index contributed by atoms with van der Waals surface area (Å²) in [5, 5.41) is 9.92. The number of amides is 1. The topological polar surface area (TPSA) is 76.1 Å². The van der Waals surface area contributed by atoms with E-state index in [0.29, 0.717) is 24.5 Å². The van der Waals surface area contributed by atoms with Crippen LogP contribution in [-0.2, 0) is 9.53 Å². The van der Waals surface area contributed by atoms with E-state index in [2.05, 4.69) is 0 Å². The van der Waals surface area contributed by atoms with Crippen molar-refractivity contribution in [3.63, 3.8) is 0 Å². The fourth-order valence-electron chi connectivity index (χ4n) is 2.21. The number of benzene rings is 1. The van der Waals surface area contributed by atoms with Crippen molar-refractivity contribution in [1.29, 1.82) is 0 Å². The van der Waals surface area contributed by atoms with Gasteiger partial charge in [0.05, 0.1) is 31.2 Å². The van der Waals surface area contributed by atoms with Crippen molar-refractivity contribution in [1.82, 2.24) is 4.90 Å². The largest absolute Gasteiger partial charge is 0.491 e. The van der Waals surface area contributed by atoms with Crippen LogP contribution in [0.25, 0.3) is 0 Å². The van der Waals surface area contributed by atoms with E-state index >= 15 is 0 Å². The van der Waals surface area contributed by atoms with Gasteiger partial charge in [-0.25, -0.2) is 0 Å². The van der Waals surface area contributed by atoms with E-state index in [1.807, 2.05) is 0 Å². The van der Waals surface area contributed by atoms with Crippen molar-refractivity contribution >= 4 is 11.9 Å². The Morgan fingerprint density at radius 3 is 3.00 bits per heavy atom. The minimum absolute atomic E-state index is 0.0787. The van der Waals surface area contributed by atoms with Gasteiger partial charge in [-0.05, 0) is 19.1 Å². The van der Waals surface area contributed by atoms with Gasteiger partial charge in [-0.3, -0.25) is 9.59 Å². The molecule has 114 valence electrons. The van der Waals surface area contributed by atoms with Gasteiger partial charge in [-0.15, -0.1) is 0 Å². The number of hydrogen-bond donors (Lipinski definition) is 1. The van der Waals surface area contributed by atoms with Crippen LogP contribution in [0.1, 0.15) is 23.7 Å². The van der Waals surface area contributed by atoms with Gasteiger partial charge in [0, 0.05) is 6.54 Å². The van der Waals surface area contributed by atoms with Crippen LogP contribution < -0.4 is 4.74 Å². The fourth-order valence-corrected chi connectivity index (χ4v) is 2.21. The molecule has 21 heavy (non-hydrogen) atoms. The van der Waals surface area contributed by atoms with Gasteiger partial charge in [-0.1, -0.05) is 12.1 Å². The van der Waals surface area contributed by atoms with Crippen LogP contribution in [0.2, 0.25) is 0 Å². The quantitative estimate of drug-likeness (QED) is 0.814. The summed E-state index contributed by atoms with van der Waals surface area (Å²) in [6.07, 6.45) is -1.07. The van der Waals surface area contributed by atoms with Gasteiger partial charge in [-0.2, -0.15) is 0 Å². The van der Waals surface area contributed by atoms with Crippen LogP contribution >= 0.6 is 0 Å². The second-order valence-electron chi connectivity index (χ2n) is 4.76. The first kappa shape index (κ1) is 15.3. The lowest BCUT2D eigenvalue weighted by atomic mass is 10.1. The molecule has 1 N–H and O–H groups in total. The van der Waals surface area contributed by atoms with E-state index in [-0.39, 0.29) is 25.5 Å². The third-order valence-corrected chi connectivity index (χ3v) is 3.16. The standard InChI is InChI=1S/C15H19NO5/c1-2-20-14(18)9-11(17)10-16-7-8-21-13-6-4-3-5-12(13)15(16)19/h3-6,11,17H,2,7-10H2,1H3. The summed E-state index contributed by atoms with van der Waals surface area (Å²) in [6, 6.07) is 7.00. The summed E-state index contributed by atoms with van der Waals surface area (Å²) in [6.45, 7) is 2.78. The first-order valence-electron chi connectivity index (χ1n) is 6.96. The van der Waals surface area contributed by atoms with Gasteiger partial charge in [0.25, 0.3) is 5.91 Å². The lowest BCUT2D eigenvalue weighted by molar-refractivity contribution is -0.145. The van der Waals surface area contributed by atoms with Crippen LogP contribution in [-0.4, -0.2) is 54.3 Å². The third-order valence-electron chi connectivity index (χ3n) is 3.16. The van der Waals surface area contributed by atoms with E-state index < -0.39 is 12.1 Å². The second kappa shape index (κ2) is 7.08. The van der Waals surface area contributed by atoms with Crippen molar-refractivity contribution in [2.24, 2.45) is 0 Å². The molecule has 0 radical (unpaired) electrons. The number of esters is 1. The van der Waals surface area contributed by atoms with Crippen molar-refractivity contribution in [3.8, 4) is 5.75 Å². The average Bonchev–Trinajstić information content (AvgIpc) is 2.60. The zero-order valence-corrected chi connectivity index (χ0v) is 11.9. The molecule has 0 saturated carbocycles. The second-order valence-corrected chi connectivity index (χ2v) is 4.76. The van der Waals surface area contributed by atoms with E-state index in [0.717, 1.165) is 0 Å². The molecule has 6 nitrogen and oxygen atoms in total. The minimum atomic E-state index is -0.946. The predicted molar refractivity (Wildman–Crippen MR) is 75.1 cm³/mol.